The average Bonchev–Trinajstić information content (AvgIpc) is 3.18. The van der Waals surface area contributed by atoms with Crippen molar-refractivity contribution in [2.75, 3.05) is 13.1 Å². The second-order valence-corrected chi connectivity index (χ2v) is 8.58. The van der Waals surface area contributed by atoms with E-state index in [0.717, 1.165) is 35.4 Å². The number of carbonyl (C=O) groups is 1. The average molecular weight is 437 g/mol. The van der Waals surface area contributed by atoms with Crippen LogP contribution in [0.1, 0.15) is 36.5 Å². The Kier molecular flexibility index (Phi) is 6.63. The van der Waals surface area contributed by atoms with Gasteiger partial charge in [0.2, 0.25) is 5.91 Å². The maximum absolute atomic E-state index is 12.8. The van der Waals surface area contributed by atoms with Gasteiger partial charge in [0.1, 0.15) is 0 Å². The fourth-order valence-corrected chi connectivity index (χ4v) is 4.51. The topological polar surface area (TPSA) is 74.2 Å². The van der Waals surface area contributed by atoms with Crippen LogP contribution in [-0.4, -0.2) is 43.8 Å². The molecule has 2 aromatic carbocycles. The van der Waals surface area contributed by atoms with Gasteiger partial charge in [-0.05, 0) is 49.5 Å². The molecular formula is C24H28N4O2S. The van der Waals surface area contributed by atoms with Crippen LogP contribution < -0.4 is 0 Å². The number of rotatable bonds is 6. The number of nitrogens with one attached hydrogen (secondary N) is 1. The van der Waals surface area contributed by atoms with Crippen molar-refractivity contribution < 1.29 is 9.90 Å². The quantitative estimate of drug-likeness (QED) is 0.566. The minimum Gasteiger partial charge on any atom is -0.388 e. The van der Waals surface area contributed by atoms with Crippen LogP contribution in [-0.2, 0) is 11.3 Å². The number of aliphatic hydroxyl groups is 1. The van der Waals surface area contributed by atoms with E-state index in [9.17, 15) is 9.90 Å². The lowest BCUT2D eigenvalue weighted by Crippen LogP contribution is -2.40. The Morgan fingerprint density at radius 1 is 1.19 bits per heavy atom. The van der Waals surface area contributed by atoms with Crippen LogP contribution >= 0.6 is 12.2 Å². The molecule has 1 saturated heterocycles. The van der Waals surface area contributed by atoms with Crippen LogP contribution in [0.25, 0.3) is 11.4 Å². The van der Waals surface area contributed by atoms with Crippen LogP contribution in [0.3, 0.4) is 0 Å². The minimum absolute atomic E-state index is 0.117. The molecule has 1 aliphatic heterocycles. The lowest BCUT2D eigenvalue weighted by molar-refractivity contribution is -0.133. The summed E-state index contributed by atoms with van der Waals surface area (Å²) in [6.07, 6.45) is 1.52. The summed E-state index contributed by atoms with van der Waals surface area (Å²) >= 11 is 5.40. The summed E-state index contributed by atoms with van der Waals surface area (Å²) in [6, 6.07) is 17.9. The number of aromatic amines is 1. The molecule has 1 atom stereocenters. The first-order valence-corrected chi connectivity index (χ1v) is 11.2. The van der Waals surface area contributed by atoms with Crippen molar-refractivity contribution in [2.24, 2.45) is 5.92 Å². The zero-order chi connectivity index (χ0) is 21.8. The number of nitrogens with zero attached hydrogens (tertiary/aromatic N) is 3. The van der Waals surface area contributed by atoms with Crippen molar-refractivity contribution in [1.82, 2.24) is 19.7 Å². The van der Waals surface area contributed by atoms with Gasteiger partial charge in [0.15, 0.2) is 10.6 Å². The molecule has 0 saturated carbocycles. The monoisotopic (exact) mass is 436 g/mol. The molecule has 1 unspecified atom stereocenters. The number of likely N-dealkylation sites (tertiary alicyclic amines) is 1. The van der Waals surface area contributed by atoms with Gasteiger partial charge in [-0.2, -0.15) is 5.10 Å². The second-order valence-electron chi connectivity index (χ2n) is 8.20. The van der Waals surface area contributed by atoms with Crippen LogP contribution in [0.5, 0.6) is 0 Å². The number of piperidine rings is 1. The number of amides is 1. The molecule has 4 rings (SSSR count). The molecule has 2 heterocycles. The molecule has 31 heavy (non-hydrogen) atoms. The van der Waals surface area contributed by atoms with Crippen LogP contribution in [0.4, 0.5) is 0 Å². The van der Waals surface area contributed by atoms with Crippen LogP contribution in [0, 0.1) is 17.6 Å². The second kappa shape index (κ2) is 9.58. The van der Waals surface area contributed by atoms with E-state index in [2.05, 4.69) is 16.3 Å². The number of aliphatic hydroxyl groups excluding tert-OH is 1. The first-order valence-electron chi connectivity index (χ1n) is 10.8. The minimum atomic E-state index is -0.473. The van der Waals surface area contributed by atoms with Crippen molar-refractivity contribution in [1.29, 1.82) is 0 Å². The number of aryl methyl sites for hydroxylation is 1. The molecule has 1 aromatic heterocycles. The van der Waals surface area contributed by atoms with Gasteiger partial charge in [0.25, 0.3) is 0 Å². The van der Waals surface area contributed by atoms with E-state index in [4.69, 9.17) is 12.2 Å². The summed E-state index contributed by atoms with van der Waals surface area (Å²) < 4.78 is 2.42. The fourth-order valence-electron chi connectivity index (χ4n) is 4.28. The third-order valence-corrected chi connectivity index (χ3v) is 6.38. The zero-order valence-electron chi connectivity index (χ0n) is 17.7. The van der Waals surface area contributed by atoms with Crippen molar-refractivity contribution in [3.05, 3.63) is 70.5 Å². The Morgan fingerprint density at radius 2 is 1.94 bits per heavy atom. The van der Waals surface area contributed by atoms with Crippen LogP contribution in [0.15, 0.2) is 54.6 Å². The maximum Gasteiger partial charge on any atom is 0.224 e. The summed E-state index contributed by atoms with van der Waals surface area (Å²) in [5.41, 5.74) is 3.08. The van der Waals surface area contributed by atoms with E-state index in [1.54, 1.807) is 0 Å². The highest BCUT2D eigenvalue weighted by atomic mass is 32.1. The van der Waals surface area contributed by atoms with Crippen molar-refractivity contribution in [2.45, 2.75) is 38.8 Å². The lowest BCUT2D eigenvalue weighted by Gasteiger charge is -2.34. The largest absolute Gasteiger partial charge is 0.388 e. The third kappa shape index (κ3) is 4.94. The maximum atomic E-state index is 12.8. The first-order chi connectivity index (χ1) is 15.0. The Hall–Kier alpha value is -2.77. The van der Waals surface area contributed by atoms with Gasteiger partial charge >= 0.3 is 0 Å². The van der Waals surface area contributed by atoms with E-state index in [1.807, 2.05) is 64.9 Å². The standard InChI is InChI=1S/C24H28N4O2S/c1-17-6-5-9-20(16-17)23-25-26-24(31)28(23)15-12-21(29)27-13-10-19(11-14-27)22(30)18-7-3-2-4-8-18/h2-9,16,19,22,30H,10-15H2,1H3,(H,26,31). The number of H-pyrrole nitrogens is 1. The summed E-state index contributed by atoms with van der Waals surface area (Å²) in [7, 11) is 0. The SMILES string of the molecule is Cc1cccc(-c2n[nH]c(=S)n2CCC(=O)N2CCC(C(O)c3ccccc3)CC2)c1. The van der Waals surface area contributed by atoms with E-state index in [-0.39, 0.29) is 11.8 Å². The molecule has 0 radical (unpaired) electrons. The van der Waals surface area contributed by atoms with Gasteiger partial charge in [-0.3, -0.25) is 14.5 Å². The van der Waals surface area contributed by atoms with E-state index in [1.165, 1.54) is 0 Å². The van der Waals surface area contributed by atoms with Crippen molar-refractivity contribution in [3.63, 3.8) is 0 Å². The van der Waals surface area contributed by atoms with Gasteiger partial charge in [0, 0.05) is 31.6 Å². The highest BCUT2D eigenvalue weighted by Gasteiger charge is 2.28. The molecule has 2 N–H and O–H groups in total. The third-order valence-electron chi connectivity index (χ3n) is 6.06. The van der Waals surface area contributed by atoms with Gasteiger partial charge in [-0.15, -0.1) is 0 Å². The molecule has 3 aromatic rings. The van der Waals surface area contributed by atoms with Crippen molar-refractivity contribution >= 4 is 18.1 Å². The fraction of sp³-hybridized carbons (Fsp3) is 0.375. The highest BCUT2D eigenvalue weighted by Crippen LogP contribution is 2.30. The van der Waals surface area contributed by atoms with E-state index >= 15 is 0 Å². The Bertz CT molecular complexity index is 1080. The van der Waals surface area contributed by atoms with Crippen molar-refractivity contribution in [3.8, 4) is 11.4 Å². The molecule has 7 heteroatoms. The number of hydrogen-bond donors (Lipinski definition) is 2. The van der Waals surface area contributed by atoms with Gasteiger partial charge < -0.3 is 10.0 Å². The van der Waals surface area contributed by atoms with E-state index < -0.39 is 6.10 Å². The molecule has 1 amide bonds. The predicted molar refractivity (Wildman–Crippen MR) is 123 cm³/mol. The number of hydrogen-bond acceptors (Lipinski definition) is 4. The molecule has 162 valence electrons. The highest BCUT2D eigenvalue weighted by molar-refractivity contribution is 7.71. The normalized spacial score (nSPS) is 15.7. The number of benzene rings is 2. The van der Waals surface area contributed by atoms with Gasteiger partial charge in [-0.1, -0.05) is 54.1 Å². The van der Waals surface area contributed by atoms with E-state index in [0.29, 0.717) is 30.8 Å². The summed E-state index contributed by atoms with van der Waals surface area (Å²) in [6.45, 7) is 3.88. The Balaban J connectivity index is 1.35. The Morgan fingerprint density at radius 3 is 2.65 bits per heavy atom. The predicted octanol–water partition coefficient (Wildman–Crippen LogP) is 4.28. The Labute approximate surface area is 187 Å². The number of carbonyl (C=O) groups excluding carboxylic acids is 1. The molecular weight excluding hydrogens is 408 g/mol. The van der Waals surface area contributed by atoms with Crippen LogP contribution in [0.2, 0.25) is 0 Å². The molecule has 1 fully saturated rings. The molecule has 0 aliphatic carbocycles. The number of aromatic nitrogens is 3. The molecule has 6 nitrogen and oxygen atoms in total. The smallest absolute Gasteiger partial charge is 0.224 e. The molecule has 0 spiro atoms. The molecule has 1 aliphatic rings. The summed E-state index contributed by atoms with van der Waals surface area (Å²) in [5.74, 6) is 1.05. The summed E-state index contributed by atoms with van der Waals surface area (Å²) in [4.78, 5) is 14.7. The molecule has 0 bridgehead atoms. The first kappa shape index (κ1) is 21.5. The zero-order valence-corrected chi connectivity index (χ0v) is 18.5. The lowest BCUT2D eigenvalue weighted by atomic mass is 9.87. The van der Waals surface area contributed by atoms with Gasteiger partial charge in [-0.25, -0.2) is 0 Å². The summed E-state index contributed by atoms with van der Waals surface area (Å²) in [5, 5.41) is 17.9. The van der Waals surface area contributed by atoms with Gasteiger partial charge in [0.05, 0.1) is 6.10 Å².